The Labute approximate surface area is 200 Å². The van der Waals surface area contributed by atoms with E-state index < -0.39 is 0 Å². The molecule has 32 heavy (non-hydrogen) atoms. The molecule has 6 nitrogen and oxygen atoms in total. The summed E-state index contributed by atoms with van der Waals surface area (Å²) in [7, 11) is 0. The molecular formula is C23H21ClN2O4S2. The van der Waals surface area contributed by atoms with Crippen molar-refractivity contribution in [1.82, 2.24) is 4.90 Å². The zero-order valence-electron chi connectivity index (χ0n) is 17.1. The second kappa shape index (κ2) is 10.4. The second-order valence-corrected chi connectivity index (χ2v) is 9.43. The monoisotopic (exact) mass is 488 g/mol. The van der Waals surface area contributed by atoms with E-state index in [9.17, 15) is 9.59 Å². The number of nitrogens with zero attached hydrogens (tertiary/aromatic N) is 1. The number of fused-ring (bicyclic) bond motifs is 1. The van der Waals surface area contributed by atoms with Gasteiger partial charge in [-0.2, -0.15) is 0 Å². The van der Waals surface area contributed by atoms with Gasteiger partial charge in [0.1, 0.15) is 4.32 Å². The first-order valence-corrected chi connectivity index (χ1v) is 11.8. The maximum atomic E-state index is 12.8. The molecule has 0 spiro atoms. The van der Waals surface area contributed by atoms with E-state index in [-0.39, 0.29) is 18.6 Å². The molecule has 166 valence electrons. The number of halogens is 1. The number of amides is 2. The number of nitrogens with one attached hydrogen (secondary N) is 1. The van der Waals surface area contributed by atoms with Gasteiger partial charge in [-0.05, 0) is 54.8 Å². The predicted molar refractivity (Wildman–Crippen MR) is 131 cm³/mol. The van der Waals surface area contributed by atoms with Crippen LogP contribution in [0.1, 0.15) is 31.2 Å². The predicted octanol–water partition coefficient (Wildman–Crippen LogP) is 5.47. The van der Waals surface area contributed by atoms with Crippen molar-refractivity contribution >= 4 is 63.5 Å². The number of thioether (sulfide) groups is 1. The lowest BCUT2D eigenvalue weighted by Gasteiger charge is -2.14. The normalized spacial score (nSPS) is 16.2. The maximum Gasteiger partial charge on any atom is 0.266 e. The number of unbranched alkanes of at least 4 members (excludes halogenated alkanes) is 2. The van der Waals surface area contributed by atoms with Gasteiger partial charge in [-0.25, -0.2) is 0 Å². The van der Waals surface area contributed by atoms with Crippen LogP contribution in [0.5, 0.6) is 11.5 Å². The van der Waals surface area contributed by atoms with Gasteiger partial charge < -0.3 is 14.8 Å². The van der Waals surface area contributed by atoms with E-state index in [1.165, 1.54) is 11.8 Å². The average Bonchev–Trinajstić information content (AvgIpc) is 3.32. The Hall–Kier alpha value is -2.55. The third kappa shape index (κ3) is 5.62. The number of thiocarbonyl (C=S) groups is 1. The summed E-state index contributed by atoms with van der Waals surface area (Å²) in [5.41, 5.74) is 1.55. The Kier molecular flexibility index (Phi) is 7.34. The SMILES string of the molecule is O=C(CCCCCN1C(=O)C(=Cc2ccc3c(c2)OCO3)SC1=S)Nc1cccc(Cl)c1. The van der Waals surface area contributed by atoms with E-state index in [1.54, 1.807) is 29.2 Å². The van der Waals surface area contributed by atoms with E-state index in [2.05, 4.69) is 5.32 Å². The highest BCUT2D eigenvalue weighted by Gasteiger charge is 2.31. The third-order valence-corrected chi connectivity index (χ3v) is 6.57. The molecular weight excluding hydrogens is 468 g/mol. The summed E-state index contributed by atoms with van der Waals surface area (Å²) >= 11 is 12.6. The van der Waals surface area contributed by atoms with E-state index >= 15 is 0 Å². The summed E-state index contributed by atoms with van der Waals surface area (Å²) in [5.74, 6) is 1.24. The van der Waals surface area contributed by atoms with Gasteiger partial charge in [-0.3, -0.25) is 14.5 Å². The lowest BCUT2D eigenvalue weighted by Crippen LogP contribution is -2.29. The van der Waals surface area contributed by atoms with E-state index in [0.29, 0.717) is 44.4 Å². The number of carbonyl (C=O) groups excluding carboxylic acids is 2. The number of rotatable bonds is 8. The Morgan fingerprint density at radius 1 is 1.16 bits per heavy atom. The summed E-state index contributed by atoms with van der Waals surface area (Å²) in [5, 5.41) is 3.42. The van der Waals surface area contributed by atoms with Crippen molar-refractivity contribution < 1.29 is 19.1 Å². The molecule has 0 aliphatic carbocycles. The summed E-state index contributed by atoms with van der Waals surface area (Å²) in [4.78, 5) is 27.1. The lowest BCUT2D eigenvalue weighted by molar-refractivity contribution is -0.122. The summed E-state index contributed by atoms with van der Waals surface area (Å²) in [6.07, 6.45) is 4.56. The molecule has 1 N–H and O–H groups in total. The van der Waals surface area contributed by atoms with Crippen LogP contribution in [0.15, 0.2) is 47.4 Å². The fourth-order valence-corrected chi connectivity index (χ4v) is 4.87. The minimum Gasteiger partial charge on any atom is -0.454 e. The van der Waals surface area contributed by atoms with Crippen molar-refractivity contribution in [2.75, 3.05) is 18.7 Å². The minimum atomic E-state index is -0.0867. The van der Waals surface area contributed by atoms with E-state index in [0.717, 1.165) is 24.8 Å². The van der Waals surface area contributed by atoms with Crippen LogP contribution in [0.25, 0.3) is 6.08 Å². The van der Waals surface area contributed by atoms with Gasteiger partial charge in [0, 0.05) is 23.7 Å². The highest BCUT2D eigenvalue weighted by Crippen LogP contribution is 2.36. The third-order valence-electron chi connectivity index (χ3n) is 4.96. The van der Waals surface area contributed by atoms with Gasteiger partial charge in [0.15, 0.2) is 11.5 Å². The largest absolute Gasteiger partial charge is 0.454 e. The Morgan fingerprint density at radius 3 is 2.84 bits per heavy atom. The maximum absolute atomic E-state index is 12.8. The van der Waals surface area contributed by atoms with Crippen LogP contribution >= 0.6 is 35.6 Å². The van der Waals surface area contributed by atoms with Gasteiger partial charge in [-0.15, -0.1) is 0 Å². The van der Waals surface area contributed by atoms with Crippen LogP contribution in [-0.4, -0.2) is 34.4 Å². The molecule has 0 saturated carbocycles. The fourth-order valence-electron chi connectivity index (χ4n) is 3.37. The Bertz CT molecular complexity index is 1090. The molecule has 2 amide bonds. The quantitative estimate of drug-likeness (QED) is 0.302. The molecule has 4 rings (SSSR count). The Balaban J connectivity index is 1.22. The number of hydrogen-bond acceptors (Lipinski definition) is 6. The van der Waals surface area contributed by atoms with E-state index in [4.69, 9.17) is 33.3 Å². The van der Waals surface area contributed by atoms with Gasteiger partial charge in [0.05, 0.1) is 4.91 Å². The van der Waals surface area contributed by atoms with Crippen molar-refractivity contribution in [2.45, 2.75) is 25.7 Å². The molecule has 2 aromatic carbocycles. The number of benzene rings is 2. The van der Waals surface area contributed by atoms with Crippen LogP contribution in [0.4, 0.5) is 5.69 Å². The molecule has 1 saturated heterocycles. The van der Waals surface area contributed by atoms with Crippen LogP contribution < -0.4 is 14.8 Å². The molecule has 2 aromatic rings. The molecule has 0 unspecified atom stereocenters. The van der Waals surface area contributed by atoms with Gasteiger partial charge in [0.2, 0.25) is 12.7 Å². The van der Waals surface area contributed by atoms with Crippen molar-refractivity contribution in [3.8, 4) is 11.5 Å². The first-order valence-electron chi connectivity index (χ1n) is 10.2. The van der Waals surface area contributed by atoms with Gasteiger partial charge in [0.25, 0.3) is 5.91 Å². The number of ether oxygens (including phenoxy) is 2. The molecule has 0 aromatic heterocycles. The number of anilines is 1. The molecule has 9 heteroatoms. The average molecular weight is 489 g/mol. The van der Waals surface area contributed by atoms with Crippen molar-refractivity contribution in [1.29, 1.82) is 0 Å². The minimum absolute atomic E-state index is 0.0514. The highest BCUT2D eigenvalue weighted by atomic mass is 35.5. The molecule has 0 radical (unpaired) electrons. The molecule has 0 atom stereocenters. The van der Waals surface area contributed by atoms with Crippen molar-refractivity contribution in [3.63, 3.8) is 0 Å². The first-order chi connectivity index (χ1) is 15.5. The van der Waals surface area contributed by atoms with Crippen LogP contribution in [-0.2, 0) is 9.59 Å². The zero-order chi connectivity index (χ0) is 22.5. The molecule has 2 aliphatic rings. The summed E-state index contributed by atoms with van der Waals surface area (Å²) < 4.78 is 11.3. The topological polar surface area (TPSA) is 67.9 Å². The summed E-state index contributed by atoms with van der Waals surface area (Å²) in [6.45, 7) is 0.752. The highest BCUT2D eigenvalue weighted by molar-refractivity contribution is 8.26. The zero-order valence-corrected chi connectivity index (χ0v) is 19.5. The van der Waals surface area contributed by atoms with Gasteiger partial charge in [-0.1, -0.05) is 54.1 Å². The van der Waals surface area contributed by atoms with Crippen molar-refractivity contribution in [3.05, 3.63) is 58.0 Å². The van der Waals surface area contributed by atoms with Crippen molar-refractivity contribution in [2.24, 2.45) is 0 Å². The summed E-state index contributed by atoms with van der Waals surface area (Å²) in [6, 6.07) is 12.6. The smallest absolute Gasteiger partial charge is 0.266 e. The van der Waals surface area contributed by atoms with Crippen LogP contribution in [0, 0.1) is 0 Å². The molecule has 2 aliphatic heterocycles. The van der Waals surface area contributed by atoms with Crippen LogP contribution in [0.3, 0.4) is 0 Å². The number of carbonyl (C=O) groups is 2. The molecule has 1 fully saturated rings. The standard InChI is InChI=1S/C23H21ClN2O4S2/c24-16-5-4-6-17(13-16)25-21(27)7-2-1-3-10-26-22(28)20(32-23(26)31)12-15-8-9-18-19(11-15)30-14-29-18/h4-6,8-9,11-13H,1-3,7,10,14H2,(H,25,27). The number of hydrogen-bond donors (Lipinski definition) is 1. The van der Waals surface area contributed by atoms with Crippen LogP contribution in [0.2, 0.25) is 5.02 Å². The molecule has 2 heterocycles. The fraction of sp³-hybridized carbons (Fsp3) is 0.261. The Morgan fingerprint density at radius 2 is 2.00 bits per heavy atom. The van der Waals surface area contributed by atoms with E-state index in [1.807, 2.05) is 24.3 Å². The lowest BCUT2D eigenvalue weighted by atomic mass is 10.1. The molecule has 0 bridgehead atoms. The first kappa shape index (κ1) is 22.6. The van der Waals surface area contributed by atoms with Gasteiger partial charge >= 0.3 is 0 Å². The second-order valence-electron chi connectivity index (χ2n) is 7.32.